The summed E-state index contributed by atoms with van der Waals surface area (Å²) in [5.74, 6) is -0.411. The number of furan rings is 1. The standard InChI is InChI=1S/C20H23N3O5/c24-18(8-3-9-21-19(25)17-7-4-12-28-17)22-16-6-2-1-5-15(16)20(26)23-10-13-27-14-11-23/h1-2,4-7,12H,3,8-11,13-14H2,(H,21,25)(H,22,24). The lowest BCUT2D eigenvalue weighted by atomic mass is 10.1. The van der Waals surface area contributed by atoms with Crippen molar-refractivity contribution in [2.24, 2.45) is 0 Å². The fraction of sp³-hybridized carbons (Fsp3) is 0.350. The summed E-state index contributed by atoms with van der Waals surface area (Å²) in [6, 6.07) is 10.2. The van der Waals surface area contributed by atoms with Crippen molar-refractivity contribution in [3.8, 4) is 0 Å². The van der Waals surface area contributed by atoms with Crippen LogP contribution in [0.5, 0.6) is 0 Å². The van der Waals surface area contributed by atoms with E-state index in [0.29, 0.717) is 50.5 Å². The number of benzene rings is 1. The van der Waals surface area contributed by atoms with Gasteiger partial charge in [0.05, 0.1) is 30.7 Å². The van der Waals surface area contributed by atoms with Crippen LogP contribution in [0, 0.1) is 0 Å². The van der Waals surface area contributed by atoms with Crippen molar-refractivity contribution in [3.05, 3.63) is 54.0 Å². The van der Waals surface area contributed by atoms with Crippen LogP contribution >= 0.6 is 0 Å². The van der Waals surface area contributed by atoms with Gasteiger partial charge >= 0.3 is 0 Å². The van der Waals surface area contributed by atoms with Gasteiger partial charge in [-0.1, -0.05) is 12.1 Å². The molecule has 2 N–H and O–H groups in total. The number of nitrogens with one attached hydrogen (secondary N) is 2. The topological polar surface area (TPSA) is 101 Å². The average Bonchev–Trinajstić information content (AvgIpc) is 3.27. The number of anilines is 1. The fourth-order valence-electron chi connectivity index (χ4n) is 2.87. The molecule has 1 saturated heterocycles. The highest BCUT2D eigenvalue weighted by molar-refractivity contribution is 6.03. The van der Waals surface area contributed by atoms with Crippen LogP contribution in [0.3, 0.4) is 0 Å². The quantitative estimate of drug-likeness (QED) is 0.709. The molecule has 3 amide bonds. The number of nitrogens with zero attached hydrogens (tertiary/aromatic N) is 1. The number of carbonyl (C=O) groups is 3. The van der Waals surface area contributed by atoms with Gasteiger partial charge in [0.1, 0.15) is 0 Å². The maximum Gasteiger partial charge on any atom is 0.286 e. The first kappa shape index (κ1) is 19.6. The highest BCUT2D eigenvalue weighted by Gasteiger charge is 2.21. The molecule has 8 heteroatoms. The summed E-state index contributed by atoms with van der Waals surface area (Å²) in [6.07, 6.45) is 2.12. The number of para-hydroxylation sites is 1. The van der Waals surface area contributed by atoms with E-state index >= 15 is 0 Å². The van der Waals surface area contributed by atoms with Crippen molar-refractivity contribution in [1.82, 2.24) is 10.2 Å². The molecule has 2 heterocycles. The number of rotatable bonds is 7. The van der Waals surface area contributed by atoms with Crippen molar-refractivity contribution >= 4 is 23.4 Å². The lowest BCUT2D eigenvalue weighted by molar-refractivity contribution is -0.116. The summed E-state index contributed by atoms with van der Waals surface area (Å²) in [5.41, 5.74) is 0.951. The molecule has 0 bridgehead atoms. The highest BCUT2D eigenvalue weighted by Crippen LogP contribution is 2.18. The third-order valence-electron chi connectivity index (χ3n) is 4.34. The van der Waals surface area contributed by atoms with E-state index in [4.69, 9.17) is 9.15 Å². The Morgan fingerprint density at radius 2 is 1.82 bits per heavy atom. The molecule has 1 aliphatic rings. The minimum Gasteiger partial charge on any atom is -0.459 e. The third-order valence-corrected chi connectivity index (χ3v) is 4.34. The van der Waals surface area contributed by atoms with Gasteiger partial charge < -0.3 is 24.7 Å². The van der Waals surface area contributed by atoms with Crippen LogP contribution in [-0.2, 0) is 9.53 Å². The van der Waals surface area contributed by atoms with Crippen molar-refractivity contribution in [1.29, 1.82) is 0 Å². The van der Waals surface area contributed by atoms with Gasteiger partial charge in [-0.15, -0.1) is 0 Å². The molecule has 2 aromatic rings. The first-order valence-corrected chi connectivity index (χ1v) is 9.23. The molecule has 28 heavy (non-hydrogen) atoms. The molecule has 0 spiro atoms. The van der Waals surface area contributed by atoms with Gasteiger partial charge in [-0.2, -0.15) is 0 Å². The van der Waals surface area contributed by atoms with E-state index in [1.54, 1.807) is 41.3 Å². The molecule has 8 nitrogen and oxygen atoms in total. The monoisotopic (exact) mass is 385 g/mol. The summed E-state index contributed by atoms with van der Waals surface area (Å²) < 4.78 is 10.3. The van der Waals surface area contributed by atoms with Gasteiger partial charge in [0.2, 0.25) is 5.91 Å². The van der Waals surface area contributed by atoms with Gasteiger partial charge in [0.25, 0.3) is 11.8 Å². The van der Waals surface area contributed by atoms with Crippen LogP contribution in [0.15, 0.2) is 47.1 Å². The summed E-state index contributed by atoms with van der Waals surface area (Å²) in [6.45, 7) is 2.46. The molecule has 0 radical (unpaired) electrons. The lowest BCUT2D eigenvalue weighted by Gasteiger charge is -2.27. The van der Waals surface area contributed by atoms with Gasteiger partial charge in [-0.3, -0.25) is 14.4 Å². The second-order valence-corrected chi connectivity index (χ2v) is 6.34. The second kappa shape index (κ2) is 9.70. The van der Waals surface area contributed by atoms with E-state index < -0.39 is 0 Å². The number of amides is 3. The normalized spacial score (nSPS) is 13.8. The molecular formula is C20H23N3O5. The van der Waals surface area contributed by atoms with E-state index in [0.717, 1.165) is 0 Å². The Labute approximate surface area is 162 Å². The van der Waals surface area contributed by atoms with Gasteiger partial charge in [0.15, 0.2) is 5.76 Å². The minimum absolute atomic E-state index is 0.120. The Bertz CT molecular complexity index is 813. The predicted octanol–water partition coefficient (Wildman–Crippen LogP) is 1.90. The Morgan fingerprint density at radius 3 is 2.57 bits per heavy atom. The third kappa shape index (κ3) is 5.20. The summed E-state index contributed by atoms with van der Waals surface area (Å²) in [4.78, 5) is 38.4. The molecule has 1 aromatic carbocycles. The SMILES string of the molecule is O=C(CCCNC(=O)c1ccco1)Nc1ccccc1C(=O)N1CCOCC1. The molecule has 0 aliphatic carbocycles. The Morgan fingerprint density at radius 1 is 1.04 bits per heavy atom. The van der Waals surface area contributed by atoms with Crippen LogP contribution in [0.25, 0.3) is 0 Å². The predicted molar refractivity (Wildman–Crippen MR) is 102 cm³/mol. The number of carbonyl (C=O) groups excluding carboxylic acids is 3. The zero-order valence-corrected chi connectivity index (χ0v) is 15.5. The molecule has 0 atom stereocenters. The van der Waals surface area contributed by atoms with Gasteiger partial charge in [-0.05, 0) is 30.7 Å². The number of morpholine rings is 1. The van der Waals surface area contributed by atoms with Gasteiger partial charge in [-0.25, -0.2) is 0 Å². The molecule has 148 valence electrons. The molecule has 1 aliphatic heterocycles. The summed E-state index contributed by atoms with van der Waals surface area (Å²) >= 11 is 0. The highest BCUT2D eigenvalue weighted by atomic mass is 16.5. The van der Waals surface area contributed by atoms with E-state index in [9.17, 15) is 14.4 Å². The maximum absolute atomic E-state index is 12.7. The Balaban J connectivity index is 1.48. The molecule has 0 saturated carbocycles. The zero-order valence-electron chi connectivity index (χ0n) is 15.5. The molecule has 0 unspecified atom stereocenters. The first-order chi connectivity index (χ1) is 13.6. The first-order valence-electron chi connectivity index (χ1n) is 9.23. The number of hydrogen-bond acceptors (Lipinski definition) is 5. The Kier molecular flexibility index (Phi) is 6.80. The minimum atomic E-state index is -0.313. The summed E-state index contributed by atoms with van der Waals surface area (Å²) in [5, 5.41) is 5.49. The van der Waals surface area contributed by atoms with Crippen molar-refractivity contribution < 1.29 is 23.5 Å². The van der Waals surface area contributed by atoms with E-state index in [1.165, 1.54) is 6.26 Å². The lowest BCUT2D eigenvalue weighted by Crippen LogP contribution is -2.41. The van der Waals surface area contributed by atoms with Gasteiger partial charge in [0, 0.05) is 26.1 Å². The van der Waals surface area contributed by atoms with E-state index in [2.05, 4.69) is 10.6 Å². The zero-order chi connectivity index (χ0) is 19.8. The maximum atomic E-state index is 12.7. The fourth-order valence-corrected chi connectivity index (χ4v) is 2.87. The smallest absolute Gasteiger partial charge is 0.286 e. The number of hydrogen-bond donors (Lipinski definition) is 2. The largest absolute Gasteiger partial charge is 0.459 e. The average molecular weight is 385 g/mol. The van der Waals surface area contributed by atoms with Crippen LogP contribution < -0.4 is 10.6 Å². The van der Waals surface area contributed by atoms with Crippen molar-refractivity contribution in [2.75, 3.05) is 38.2 Å². The van der Waals surface area contributed by atoms with Crippen molar-refractivity contribution in [2.45, 2.75) is 12.8 Å². The van der Waals surface area contributed by atoms with Crippen molar-refractivity contribution in [3.63, 3.8) is 0 Å². The molecule has 3 rings (SSSR count). The van der Waals surface area contributed by atoms with Crippen LogP contribution in [0.1, 0.15) is 33.8 Å². The molecule has 1 aromatic heterocycles. The van der Waals surface area contributed by atoms with Crippen LogP contribution in [-0.4, -0.2) is 55.5 Å². The number of ether oxygens (including phenoxy) is 1. The Hall–Kier alpha value is -3.13. The van der Waals surface area contributed by atoms with E-state index in [-0.39, 0.29) is 29.9 Å². The summed E-state index contributed by atoms with van der Waals surface area (Å²) in [7, 11) is 0. The van der Waals surface area contributed by atoms with Crippen LogP contribution in [0.4, 0.5) is 5.69 Å². The van der Waals surface area contributed by atoms with Crippen LogP contribution in [0.2, 0.25) is 0 Å². The van der Waals surface area contributed by atoms with E-state index in [1.807, 2.05) is 0 Å². The second-order valence-electron chi connectivity index (χ2n) is 6.34. The molecular weight excluding hydrogens is 362 g/mol. The molecule has 1 fully saturated rings.